The number of carbonyl (C=O) groups excluding carboxylic acids is 1. The van der Waals surface area contributed by atoms with E-state index in [1.807, 2.05) is 24.3 Å². The molecule has 0 saturated heterocycles. The molecule has 1 aromatic carbocycles. The average molecular weight is 318 g/mol. The van der Waals surface area contributed by atoms with Gasteiger partial charge in [-0.2, -0.15) is 4.98 Å². The number of aromatic nitrogens is 2. The zero-order valence-electron chi connectivity index (χ0n) is 13.2. The Balaban J connectivity index is 1.83. The molecule has 0 spiro atoms. The molecule has 0 aliphatic heterocycles. The van der Waals surface area contributed by atoms with Crippen molar-refractivity contribution in [1.29, 1.82) is 0 Å². The van der Waals surface area contributed by atoms with Gasteiger partial charge in [0.25, 0.3) is 0 Å². The molecule has 7 nitrogen and oxygen atoms in total. The summed E-state index contributed by atoms with van der Waals surface area (Å²) in [4.78, 5) is 16.0. The quantitative estimate of drug-likeness (QED) is 0.684. The molecule has 1 amide bonds. The van der Waals surface area contributed by atoms with Crippen LogP contribution in [-0.4, -0.2) is 29.7 Å². The van der Waals surface area contributed by atoms with Gasteiger partial charge in [-0.3, -0.25) is 4.79 Å². The summed E-state index contributed by atoms with van der Waals surface area (Å²) in [6.07, 6.45) is 3.23. The van der Waals surface area contributed by atoms with E-state index >= 15 is 0 Å². The first-order valence-electron chi connectivity index (χ1n) is 7.66. The molecular weight excluding hydrogens is 296 g/mol. The van der Waals surface area contributed by atoms with Gasteiger partial charge in [0.05, 0.1) is 13.7 Å². The number of nitrogens with two attached hydrogens (primary N) is 1. The van der Waals surface area contributed by atoms with Crippen LogP contribution in [0.2, 0.25) is 0 Å². The van der Waals surface area contributed by atoms with Crippen LogP contribution in [0, 0.1) is 0 Å². The topological polar surface area (TPSA) is 103 Å². The Kier molecular flexibility index (Phi) is 6.56. The van der Waals surface area contributed by atoms with Gasteiger partial charge in [-0.1, -0.05) is 23.7 Å². The van der Waals surface area contributed by atoms with Crippen molar-refractivity contribution in [3.8, 4) is 17.1 Å². The summed E-state index contributed by atoms with van der Waals surface area (Å²) in [5.74, 6) is 1.54. The van der Waals surface area contributed by atoms with E-state index in [1.165, 1.54) is 0 Å². The zero-order valence-corrected chi connectivity index (χ0v) is 13.2. The van der Waals surface area contributed by atoms with Crippen molar-refractivity contribution in [2.24, 2.45) is 5.73 Å². The second-order valence-corrected chi connectivity index (χ2v) is 5.12. The van der Waals surface area contributed by atoms with E-state index < -0.39 is 0 Å². The number of amides is 1. The van der Waals surface area contributed by atoms with Crippen LogP contribution in [0.1, 0.15) is 31.6 Å². The monoisotopic (exact) mass is 318 g/mol. The molecule has 0 aliphatic rings. The standard InChI is InChI=1S/C16H22N4O3/c1-22-13-7-5-6-12(10-13)16-19-15(23-20-16)11-18-14(21)8-3-2-4-9-17/h5-7,10H,2-4,8-9,11,17H2,1H3,(H,18,21). The fourth-order valence-electron chi connectivity index (χ4n) is 2.08. The summed E-state index contributed by atoms with van der Waals surface area (Å²) < 4.78 is 10.3. The van der Waals surface area contributed by atoms with E-state index in [4.69, 9.17) is 15.0 Å². The lowest BCUT2D eigenvalue weighted by molar-refractivity contribution is -0.121. The molecule has 0 fully saturated rings. The maximum absolute atomic E-state index is 11.7. The molecular formula is C16H22N4O3. The molecule has 23 heavy (non-hydrogen) atoms. The van der Waals surface area contributed by atoms with Crippen molar-refractivity contribution in [3.63, 3.8) is 0 Å². The summed E-state index contributed by atoms with van der Waals surface area (Å²) in [5, 5.41) is 6.69. The van der Waals surface area contributed by atoms with Gasteiger partial charge in [-0.25, -0.2) is 0 Å². The summed E-state index contributed by atoms with van der Waals surface area (Å²) in [6, 6.07) is 7.39. The third kappa shape index (κ3) is 5.37. The third-order valence-corrected chi connectivity index (χ3v) is 3.34. The lowest BCUT2D eigenvalue weighted by atomic mass is 10.2. The first-order valence-corrected chi connectivity index (χ1v) is 7.66. The highest BCUT2D eigenvalue weighted by atomic mass is 16.5. The van der Waals surface area contributed by atoms with Crippen LogP contribution in [0.5, 0.6) is 5.75 Å². The van der Waals surface area contributed by atoms with E-state index in [-0.39, 0.29) is 12.5 Å². The summed E-state index contributed by atoms with van der Waals surface area (Å²) in [5.41, 5.74) is 6.21. The van der Waals surface area contributed by atoms with Gasteiger partial charge in [0.2, 0.25) is 17.6 Å². The second kappa shape index (κ2) is 8.89. The normalized spacial score (nSPS) is 10.5. The Bertz CT molecular complexity index is 627. The van der Waals surface area contributed by atoms with Crippen LogP contribution in [0.15, 0.2) is 28.8 Å². The third-order valence-electron chi connectivity index (χ3n) is 3.34. The van der Waals surface area contributed by atoms with Crippen molar-refractivity contribution in [2.75, 3.05) is 13.7 Å². The number of benzene rings is 1. The first kappa shape index (κ1) is 17.0. The molecule has 0 atom stereocenters. The van der Waals surface area contributed by atoms with E-state index in [9.17, 15) is 4.79 Å². The lowest BCUT2D eigenvalue weighted by Crippen LogP contribution is -2.22. The van der Waals surface area contributed by atoms with Gasteiger partial charge >= 0.3 is 0 Å². The SMILES string of the molecule is COc1cccc(-c2noc(CNC(=O)CCCCCN)n2)c1. The van der Waals surface area contributed by atoms with Crippen LogP contribution in [0.25, 0.3) is 11.4 Å². The Morgan fingerprint density at radius 1 is 1.35 bits per heavy atom. The number of nitrogens with zero attached hydrogens (tertiary/aromatic N) is 2. The summed E-state index contributed by atoms with van der Waals surface area (Å²) >= 11 is 0. The van der Waals surface area contributed by atoms with Crippen LogP contribution >= 0.6 is 0 Å². The highest BCUT2D eigenvalue weighted by Crippen LogP contribution is 2.21. The number of hydrogen-bond donors (Lipinski definition) is 2. The van der Waals surface area contributed by atoms with Crippen molar-refractivity contribution in [2.45, 2.75) is 32.2 Å². The van der Waals surface area contributed by atoms with E-state index in [2.05, 4.69) is 15.5 Å². The lowest BCUT2D eigenvalue weighted by Gasteiger charge is -2.01. The molecule has 0 aliphatic carbocycles. The largest absolute Gasteiger partial charge is 0.497 e. The molecule has 7 heteroatoms. The predicted octanol–water partition coefficient (Wildman–Crippen LogP) is 1.88. The van der Waals surface area contributed by atoms with E-state index in [1.54, 1.807) is 7.11 Å². The number of carbonyl (C=O) groups is 1. The molecule has 3 N–H and O–H groups in total. The number of nitrogens with one attached hydrogen (secondary N) is 1. The van der Waals surface area contributed by atoms with E-state index in [0.717, 1.165) is 30.6 Å². The number of ether oxygens (including phenoxy) is 1. The molecule has 0 radical (unpaired) electrons. The highest BCUT2D eigenvalue weighted by Gasteiger charge is 2.10. The Labute approximate surface area is 135 Å². The Hall–Kier alpha value is -2.41. The van der Waals surface area contributed by atoms with Crippen LogP contribution in [0.3, 0.4) is 0 Å². The van der Waals surface area contributed by atoms with Gasteiger partial charge in [0.1, 0.15) is 5.75 Å². The predicted molar refractivity (Wildman–Crippen MR) is 85.7 cm³/mol. The van der Waals surface area contributed by atoms with Crippen molar-refractivity contribution < 1.29 is 14.1 Å². The maximum Gasteiger partial charge on any atom is 0.246 e. The van der Waals surface area contributed by atoms with Crippen molar-refractivity contribution in [1.82, 2.24) is 15.5 Å². The Morgan fingerprint density at radius 2 is 2.22 bits per heavy atom. The fraction of sp³-hybridized carbons (Fsp3) is 0.438. The van der Waals surface area contributed by atoms with Crippen LogP contribution in [-0.2, 0) is 11.3 Å². The van der Waals surface area contributed by atoms with E-state index in [0.29, 0.717) is 24.7 Å². The Morgan fingerprint density at radius 3 is 3.00 bits per heavy atom. The smallest absolute Gasteiger partial charge is 0.246 e. The number of hydrogen-bond acceptors (Lipinski definition) is 6. The minimum absolute atomic E-state index is 0.0249. The van der Waals surface area contributed by atoms with Gasteiger partial charge in [-0.05, 0) is 31.5 Å². The number of rotatable bonds is 9. The van der Waals surface area contributed by atoms with Gasteiger partial charge in [0, 0.05) is 12.0 Å². The number of unbranched alkanes of at least 4 members (excludes halogenated alkanes) is 2. The van der Waals surface area contributed by atoms with Gasteiger partial charge in [0.15, 0.2) is 0 Å². The highest BCUT2D eigenvalue weighted by molar-refractivity contribution is 5.75. The van der Waals surface area contributed by atoms with Crippen molar-refractivity contribution >= 4 is 5.91 Å². The molecule has 2 aromatic rings. The molecule has 0 bridgehead atoms. The average Bonchev–Trinajstić information content (AvgIpc) is 3.06. The van der Waals surface area contributed by atoms with Gasteiger partial charge in [-0.15, -0.1) is 0 Å². The fourth-order valence-corrected chi connectivity index (χ4v) is 2.08. The maximum atomic E-state index is 11.7. The van der Waals surface area contributed by atoms with Crippen LogP contribution in [0.4, 0.5) is 0 Å². The summed E-state index contributed by atoms with van der Waals surface area (Å²) in [6.45, 7) is 0.892. The van der Waals surface area contributed by atoms with Crippen LogP contribution < -0.4 is 15.8 Å². The molecule has 0 unspecified atom stereocenters. The molecule has 0 saturated carbocycles. The van der Waals surface area contributed by atoms with Gasteiger partial charge < -0.3 is 20.3 Å². The molecule has 1 heterocycles. The molecule has 124 valence electrons. The van der Waals surface area contributed by atoms with Crippen molar-refractivity contribution in [3.05, 3.63) is 30.2 Å². The zero-order chi connectivity index (χ0) is 16.5. The minimum Gasteiger partial charge on any atom is -0.497 e. The summed E-state index contributed by atoms with van der Waals surface area (Å²) in [7, 11) is 1.60. The minimum atomic E-state index is -0.0249. The first-order chi connectivity index (χ1) is 11.2. The molecule has 1 aromatic heterocycles. The number of methoxy groups -OCH3 is 1. The second-order valence-electron chi connectivity index (χ2n) is 5.12. The molecule has 2 rings (SSSR count).